The van der Waals surface area contributed by atoms with Crippen molar-refractivity contribution in [3.8, 4) is 5.75 Å². The van der Waals surface area contributed by atoms with E-state index in [1.807, 2.05) is 0 Å². The zero-order valence-electron chi connectivity index (χ0n) is 7.70. The summed E-state index contributed by atoms with van der Waals surface area (Å²) in [4.78, 5) is 0.134. The standard InChI is InChI=1S/C9H12FNO2S/c1-14-9-6(12)3-2-5(8(9)10)7(13)4-11/h2-3,7,12-13H,4,11H2,1H3. The summed E-state index contributed by atoms with van der Waals surface area (Å²) in [5.74, 6) is -0.724. The van der Waals surface area contributed by atoms with Crippen LogP contribution in [0.2, 0.25) is 0 Å². The fourth-order valence-corrected chi connectivity index (χ4v) is 1.71. The maximum absolute atomic E-state index is 13.6. The zero-order valence-corrected chi connectivity index (χ0v) is 8.51. The van der Waals surface area contributed by atoms with Gasteiger partial charge in [-0.2, -0.15) is 0 Å². The number of hydrogen-bond acceptors (Lipinski definition) is 4. The van der Waals surface area contributed by atoms with Crippen LogP contribution < -0.4 is 5.73 Å². The summed E-state index contributed by atoms with van der Waals surface area (Å²) in [5, 5.41) is 18.7. The summed E-state index contributed by atoms with van der Waals surface area (Å²) in [6, 6.07) is 2.69. The summed E-state index contributed by atoms with van der Waals surface area (Å²) in [6.07, 6.45) is 0.623. The van der Waals surface area contributed by atoms with E-state index in [4.69, 9.17) is 5.73 Å². The average molecular weight is 217 g/mol. The van der Waals surface area contributed by atoms with Crippen LogP contribution in [0.3, 0.4) is 0 Å². The van der Waals surface area contributed by atoms with Crippen molar-refractivity contribution in [1.29, 1.82) is 0 Å². The first-order valence-corrected chi connectivity index (χ1v) is 5.27. The molecular formula is C9H12FNO2S. The third kappa shape index (κ3) is 2.00. The Hall–Kier alpha value is -0.780. The van der Waals surface area contributed by atoms with E-state index in [9.17, 15) is 14.6 Å². The van der Waals surface area contributed by atoms with E-state index in [-0.39, 0.29) is 22.8 Å². The molecule has 14 heavy (non-hydrogen) atoms. The lowest BCUT2D eigenvalue weighted by atomic mass is 10.1. The van der Waals surface area contributed by atoms with Gasteiger partial charge >= 0.3 is 0 Å². The molecule has 1 aromatic carbocycles. The topological polar surface area (TPSA) is 66.5 Å². The number of rotatable bonds is 3. The Bertz CT molecular complexity index is 333. The lowest BCUT2D eigenvalue weighted by molar-refractivity contribution is 0.181. The number of hydrogen-bond donors (Lipinski definition) is 3. The molecule has 0 saturated heterocycles. The molecular weight excluding hydrogens is 205 g/mol. The number of aromatic hydroxyl groups is 1. The normalized spacial score (nSPS) is 12.9. The van der Waals surface area contributed by atoms with Crippen LogP contribution in [0.4, 0.5) is 4.39 Å². The van der Waals surface area contributed by atoms with Crippen LogP contribution in [0.5, 0.6) is 5.75 Å². The molecule has 0 aromatic heterocycles. The van der Waals surface area contributed by atoms with Gasteiger partial charge in [-0.05, 0) is 18.4 Å². The van der Waals surface area contributed by atoms with E-state index in [1.165, 1.54) is 12.1 Å². The van der Waals surface area contributed by atoms with Crippen LogP contribution in [-0.4, -0.2) is 23.0 Å². The summed E-state index contributed by atoms with van der Waals surface area (Å²) >= 11 is 1.09. The third-order valence-electron chi connectivity index (χ3n) is 1.89. The second-order valence-electron chi connectivity index (χ2n) is 2.77. The van der Waals surface area contributed by atoms with Crippen molar-refractivity contribution in [3.63, 3.8) is 0 Å². The van der Waals surface area contributed by atoms with Crippen LogP contribution in [0.25, 0.3) is 0 Å². The number of aliphatic hydroxyl groups is 1. The van der Waals surface area contributed by atoms with Gasteiger partial charge in [0, 0.05) is 12.1 Å². The highest BCUT2D eigenvalue weighted by Gasteiger charge is 2.16. The van der Waals surface area contributed by atoms with Crippen LogP contribution in [0.15, 0.2) is 17.0 Å². The SMILES string of the molecule is CSc1c(O)ccc(C(O)CN)c1F. The third-order valence-corrected chi connectivity index (χ3v) is 2.69. The number of benzene rings is 1. The van der Waals surface area contributed by atoms with Crippen molar-refractivity contribution >= 4 is 11.8 Å². The fraction of sp³-hybridized carbons (Fsp3) is 0.333. The second kappa shape index (κ2) is 4.63. The van der Waals surface area contributed by atoms with Gasteiger partial charge in [-0.25, -0.2) is 4.39 Å². The molecule has 0 heterocycles. The van der Waals surface area contributed by atoms with Crippen molar-refractivity contribution in [1.82, 2.24) is 0 Å². The minimum Gasteiger partial charge on any atom is -0.507 e. The van der Waals surface area contributed by atoms with Crippen LogP contribution in [-0.2, 0) is 0 Å². The van der Waals surface area contributed by atoms with Gasteiger partial charge in [0.05, 0.1) is 11.0 Å². The Kier molecular flexibility index (Phi) is 3.74. The Morgan fingerprint density at radius 1 is 1.57 bits per heavy atom. The van der Waals surface area contributed by atoms with Gasteiger partial charge < -0.3 is 15.9 Å². The summed E-state index contributed by atoms with van der Waals surface area (Å²) < 4.78 is 13.6. The van der Waals surface area contributed by atoms with Gasteiger partial charge in [0.15, 0.2) is 0 Å². The van der Waals surface area contributed by atoms with Crippen LogP contribution in [0, 0.1) is 5.82 Å². The van der Waals surface area contributed by atoms with Crippen molar-refractivity contribution in [3.05, 3.63) is 23.5 Å². The maximum Gasteiger partial charge on any atom is 0.146 e. The summed E-state index contributed by atoms with van der Waals surface area (Å²) in [7, 11) is 0. The highest BCUT2D eigenvalue weighted by molar-refractivity contribution is 7.98. The first-order valence-electron chi connectivity index (χ1n) is 4.05. The molecule has 0 aliphatic carbocycles. The van der Waals surface area contributed by atoms with Crippen molar-refractivity contribution in [2.24, 2.45) is 5.73 Å². The van der Waals surface area contributed by atoms with E-state index < -0.39 is 11.9 Å². The first-order chi connectivity index (χ1) is 6.61. The van der Waals surface area contributed by atoms with Gasteiger partial charge in [-0.3, -0.25) is 0 Å². The Morgan fingerprint density at radius 2 is 2.21 bits per heavy atom. The van der Waals surface area contributed by atoms with E-state index in [1.54, 1.807) is 6.26 Å². The molecule has 0 amide bonds. The molecule has 0 spiro atoms. The lowest BCUT2D eigenvalue weighted by Crippen LogP contribution is -2.13. The summed E-state index contributed by atoms with van der Waals surface area (Å²) in [6.45, 7) is -0.0461. The predicted molar refractivity (Wildman–Crippen MR) is 53.9 cm³/mol. The molecule has 0 fully saturated rings. The molecule has 0 bridgehead atoms. The Morgan fingerprint density at radius 3 is 2.71 bits per heavy atom. The smallest absolute Gasteiger partial charge is 0.146 e. The average Bonchev–Trinajstić information content (AvgIpc) is 2.18. The summed E-state index contributed by atoms with van der Waals surface area (Å²) in [5.41, 5.74) is 5.34. The van der Waals surface area contributed by atoms with Gasteiger partial charge in [0.2, 0.25) is 0 Å². The first kappa shape index (κ1) is 11.3. The molecule has 4 N–H and O–H groups in total. The lowest BCUT2D eigenvalue weighted by Gasteiger charge is -2.12. The molecule has 0 saturated carbocycles. The number of phenols is 1. The predicted octanol–water partition coefficient (Wildman–Crippen LogP) is 1.25. The van der Waals surface area contributed by atoms with E-state index in [2.05, 4.69) is 0 Å². The highest BCUT2D eigenvalue weighted by Crippen LogP contribution is 2.33. The van der Waals surface area contributed by atoms with Crippen LogP contribution in [0.1, 0.15) is 11.7 Å². The van der Waals surface area contributed by atoms with E-state index in [0.29, 0.717) is 0 Å². The number of halogens is 1. The number of phenolic OH excluding ortho intramolecular Hbond substituents is 1. The number of nitrogens with two attached hydrogens (primary N) is 1. The van der Waals surface area contributed by atoms with E-state index in [0.717, 1.165) is 11.8 Å². The van der Waals surface area contributed by atoms with Crippen molar-refractivity contribution < 1.29 is 14.6 Å². The largest absolute Gasteiger partial charge is 0.507 e. The van der Waals surface area contributed by atoms with E-state index >= 15 is 0 Å². The van der Waals surface area contributed by atoms with Crippen LogP contribution >= 0.6 is 11.8 Å². The van der Waals surface area contributed by atoms with Gasteiger partial charge in [-0.15, -0.1) is 11.8 Å². The maximum atomic E-state index is 13.6. The molecule has 1 rings (SSSR count). The molecule has 0 radical (unpaired) electrons. The molecule has 0 aliphatic rings. The minimum atomic E-state index is -1.03. The molecule has 0 aliphatic heterocycles. The Balaban J connectivity index is 3.21. The molecule has 1 atom stereocenters. The van der Waals surface area contributed by atoms with Crippen molar-refractivity contribution in [2.45, 2.75) is 11.0 Å². The number of thioether (sulfide) groups is 1. The second-order valence-corrected chi connectivity index (χ2v) is 3.59. The van der Waals surface area contributed by atoms with Gasteiger partial charge in [-0.1, -0.05) is 0 Å². The quantitative estimate of drug-likeness (QED) is 0.666. The molecule has 5 heteroatoms. The minimum absolute atomic E-state index is 0.0461. The monoisotopic (exact) mass is 217 g/mol. The van der Waals surface area contributed by atoms with Gasteiger partial charge in [0.1, 0.15) is 11.6 Å². The van der Waals surface area contributed by atoms with Gasteiger partial charge in [0.25, 0.3) is 0 Å². The molecule has 3 nitrogen and oxygen atoms in total. The Labute approximate surface area is 85.7 Å². The molecule has 78 valence electrons. The zero-order chi connectivity index (χ0) is 10.7. The fourth-order valence-electron chi connectivity index (χ4n) is 1.14. The number of aliphatic hydroxyl groups excluding tert-OH is 1. The molecule has 1 unspecified atom stereocenters. The van der Waals surface area contributed by atoms with Crippen molar-refractivity contribution in [2.75, 3.05) is 12.8 Å². The molecule has 1 aromatic rings. The highest BCUT2D eigenvalue weighted by atomic mass is 32.2.